The quantitative estimate of drug-likeness (QED) is 0.415. The predicted molar refractivity (Wildman–Crippen MR) is 144 cm³/mol. The first kappa shape index (κ1) is 24.3. The van der Waals surface area contributed by atoms with E-state index in [1.165, 1.54) is 6.33 Å². The van der Waals surface area contributed by atoms with Gasteiger partial charge in [0.1, 0.15) is 35.7 Å². The Balaban J connectivity index is 1.13. The fraction of sp³-hybridized carbons (Fsp3) is 0.586. The Labute approximate surface area is 222 Å². The van der Waals surface area contributed by atoms with Crippen LogP contribution in [-0.4, -0.2) is 79.3 Å². The van der Waals surface area contributed by atoms with Crippen LogP contribution in [-0.2, 0) is 4.74 Å². The predicted octanol–water partition coefficient (Wildman–Crippen LogP) is 3.29. The minimum Gasteiger partial charge on any atom is -0.491 e. The van der Waals surface area contributed by atoms with Crippen molar-refractivity contribution in [2.24, 2.45) is 0 Å². The number of anilines is 1. The van der Waals surface area contributed by atoms with E-state index in [1.54, 1.807) is 0 Å². The van der Waals surface area contributed by atoms with Crippen LogP contribution in [0, 0.1) is 0 Å². The summed E-state index contributed by atoms with van der Waals surface area (Å²) in [5.74, 6) is 1.26. The molecule has 7 rings (SSSR count). The highest BCUT2D eigenvalue weighted by molar-refractivity contribution is 6.00. The average molecular weight is 520 g/mol. The molecule has 38 heavy (non-hydrogen) atoms. The van der Waals surface area contributed by atoms with Crippen molar-refractivity contribution in [3.05, 3.63) is 36.8 Å². The summed E-state index contributed by atoms with van der Waals surface area (Å²) in [7, 11) is 0. The Morgan fingerprint density at radius 3 is 2.76 bits per heavy atom. The summed E-state index contributed by atoms with van der Waals surface area (Å²) >= 11 is 0. The van der Waals surface area contributed by atoms with Gasteiger partial charge < -0.3 is 30.0 Å². The monoisotopic (exact) mass is 519 g/mol. The van der Waals surface area contributed by atoms with E-state index >= 15 is 0 Å². The summed E-state index contributed by atoms with van der Waals surface area (Å²) in [6, 6.07) is 8.40. The van der Waals surface area contributed by atoms with Gasteiger partial charge in [-0.25, -0.2) is 9.97 Å². The third kappa shape index (κ3) is 4.16. The number of hydrogen-bond acceptors (Lipinski definition) is 8. The minimum atomic E-state index is -0.757. The van der Waals surface area contributed by atoms with E-state index in [-0.39, 0.29) is 24.3 Å². The van der Waals surface area contributed by atoms with Crippen molar-refractivity contribution in [2.75, 3.05) is 32.0 Å². The molecule has 9 heteroatoms. The molecule has 0 radical (unpaired) electrons. The molecular formula is C29H37N5O4. The number of rotatable bonds is 8. The van der Waals surface area contributed by atoms with Crippen molar-refractivity contribution >= 4 is 16.9 Å². The van der Waals surface area contributed by atoms with Crippen molar-refractivity contribution in [1.29, 1.82) is 0 Å². The maximum absolute atomic E-state index is 11.3. The Hall–Kier alpha value is -2.72. The first-order valence-electron chi connectivity index (χ1n) is 14.0. The number of nitrogen functional groups attached to an aromatic ring is 1. The van der Waals surface area contributed by atoms with Gasteiger partial charge in [0.05, 0.1) is 23.7 Å². The molecule has 3 aliphatic heterocycles. The van der Waals surface area contributed by atoms with Gasteiger partial charge in [0, 0.05) is 30.4 Å². The highest BCUT2D eigenvalue weighted by Crippen LogP contribution is 2.47. The highest BCUT2D eigenvalue weighted by Gasteiger charge is 2.47. The molecule has 1 aliphatic carbocycles. The maximum atomic E-state index is 11.3. The fourth-order valence-electron chi connectivity index (χ4n) is 7.29. The van der Waals surface area contributed by atoms with Gasteiger partial charge in [0.25, 0.3) is 0 Å². The van der Waals surface area contributed by atoms with Crippen LogP contribution in [0.2, 0.25) is 0 Å². The van der Waals surface area contributed by atoms with Crippen LogP contribution >= 0.6 is 0 Å². The normalized spacial score (nSPS) is 32.7. The van der Waals surface area contributed by atoms with Crippen LogP contribution in [0.25, 0.3) is 22.2 Å². The van der Waals surface area contributed by atoms with Crippen molar-refractivity contribution in [2.45, 2.75) is 80.8 Å². The number of benzene rings is 1. The molecule has 2 bridgehead atoms. The van der Waals surface area contributed by atoms with E-state index in [1.807, 2.05) is 12.1 Å². The second-order valence-electron chi connectivity index (χ2n) is 12.0. The number of ether oxygens (including phenoxy) is 2. The number of hydrogen-bond donors (Lipinski definition) is 3. The number of nitrogens with two attached hydrogens (primary N) is 1. The lowest BCUT2D eigenvalue weighted by Crippen LogP contribution is -2.53. The Kier molecular flexibility index (Phi) is 5.88. The number of β-amino-alcohol motifs (C(OH)–C–C–N with tert-alkyl or cyclic N) is 1. The Bertz CT molecular complexity index is 1330. The molecule has 5 heterocycles. The van der Waals surface area contributed by atoms with Crippen LogP contribution in [0.4, 0.5) is 5.82 Å². The van der Waals surface area contributed by atoms with Crippen LogP contribution < -0.4 is 10.5 Å². The van der Waals surface area contributed by atoms with Gasteiger partial charge in [0.2, 0.25) is 0 Å². The standard InChI is InChI=1S/C29H37N5O4/c30-26-25-24(19-3-1-5-23(11-19)37-17-29-8-6-22(38-29)7-9-29)14-34(27(25)32-18-31-26)21-12-28(36,13-21)16-33-10-2-4-20(33)15-35/h1,3,5,11,14,18,20-22,35-36H,2,4,6-10,12-13,15-17H2,(H2,30,31,32)/t20-,21?,22?,28?,29?/m1/s1. The zero-order chi connectivity index (χ0) is 25.9. The van der Waals surface area contributed by atoms with Gasteiger partial charge >= 0.3 is 0 Å². The van der Waals surface area contributed by atoms with Crippen LogP contribution in [0.5, 0.6) is 5.75 Å². The van der Waals surface area contributed by atoms with E-state index in [4.69, 9.17) is 15.2 Å². The number of aromatic nitrogens is 3. The second-order valence-corrected chi connectivity index (χ2v) is 12.0. The fourth-order valence-corrected chi connectivity index (χ4v) is 7.29. The molecule has 1 aromatic carbocycles. The number of aliphatic hydroxyl groups is 2. The maximum Gasteiger partial charge on any atom is 0.146 e. The Morgan fingerprint density at radius 1 is 1.16 bits per heavy atom. The van der Waals surface area contributed by atoms with Gasteiger partial charge in [-0.15, -0.1) is 0 Å². The van der Waals surface area contributed by atoms with Crippen LogP contribution in [0.3, 0.4) is 0 Å². The molecule has 0 unspecified atom stereocenters. The molecule has 1 atom stereocenters. The van der Waals surface area contributed by atoms with Crippen molar-refractivity contribution in [3.8, 4) is 16.9 Å². The van der Waals surface area contributed by atoms with Crippen molar-refractivity contribution in [1.82, 2.24) is 19.4 Å². The number of likely N-dealkylation sites (tertiary alicyclic amines) is 1. The summed E-state index contributed by atoms with van der Waals surface area (Å²) in [6.07, 6.45) is 11.8. The summed E-state index contributed by atoms with van der Waals surface area (Å²) in [4.78, 5) is 11.1. The van der Waals surface area contributed by atoms with E-state index < -0.39 is 5.60 Å². The molecule has 4 N–H and O–H groups in total. The molecule has 4 aliphatic rings. The number of aliphatic hydroxyl groups excluding tert-OH is 1. The smallest absolute Gasteiger partial charge is 0.146 e. The zero-order valence-corrected chi connectivity index (χ0v) is 21.8. The van der Waals surface area contributed by atoms with Gasteiger partial charge in [0.15, 0.2) is 0 Å². The lowest BCUT2D eigenvalue weighted by molar-refractivity contribution is -0.0909. The van der Waals surface area contributed by atoms with Crippen LogP contribution in [0.1, 0.15) is 57.4 Å². The summed E-state index contributed by atoms with van der Waals surface area (Å²) in [6.45, 7) is 2.27. The van der Waals surface area contributed by atoms with E-state index in [2.05, 4.69) is 37.8 Å². The average Bonchev–Trinajstić information content (AvgIpc) is 3.70. The van der Waals surface area contributed by atoms with Crippen molar-refractivity contribution in [3.63, 3.8) is 0 Å². The minimum absolute atomic E-state index is 0.120. The summed E-state index contributed by atoms with van der Waals surface area (Å²) in [5.41, 5.74) is 8.26. The largest absolute Gasteiger partial charge is 0.491 e. The highest BCUT2D eigenvalue weighted by atomic mass is 16.6. The molecule has 202 valence electrons. The van der Waals surface area contributed by atoms with Gasteiger partial charge in [-0.05, 0) is 75.6 Å². The molecule has 0 amide bonds. The lowest BCUT2D eigenvalue weighted by atomic mass is 9.75. The first-order chi connectivity index (χ1) is 18.4. The molecule has 4 fully saturated rings. The second kappa shape index (κ2) is 9.19. The number of fused-ring (bicyclic) bond motifs is 3. The molecule has 9 nitrogen and oxygen atoms in total. The van der Waals surface area contributed by atoms with Crippen LogP contribution in [0.15, 0.2) is 36.8 Å². The van der Waals surface area contributed by atoms with Gasteiger partial charge in [-0.2, -0.15) is 0 Å². The topological polar surface area (TPSA) is 119 Å². The van der Waals surface area contributed by atoms with E-state index in [9.17, 15) is 10.2 Å². The summed E-state index contributed by atoms with van der Waals surface area (Å²) < 4.78 is 14.6. The third-order valence-corrected chi connectivity index (χ3v) is 9.38. The third-order valence-electron chi connectivity index (χ3n) is 9.38. The molecular weight excluding hydrogens is 482 g/mol. The van der Waals surface area contributed by atoms with Gasteiger partial charge in [-0.3, -0.25) is 4.90 Å². The Morgan fingerprint density at radius 2 is 2.00 bits per heavy atom. The molecule has 1 saturated carbocycles. The summed E-state index contributed by atoms with van der Waals surface area (Å²) in [5, 5.41) is 21.8. The molecule has 0 spiro atoms. The molecule has 3 aromatic rings. The van der Waals surface area contributed by atoms with E-state index in [0.717, 1.165) is 73.0 Å². The molecule has 3 saturated heterocycles. The van der Waals surface area contributed by atoms with E-state index in [0.29, 0.717) is 37.9 Å². The first-order valence-corrected chi connectivity index (χ1v) is 14.0. The zero-order valence-electron chi connectivity index (χ0n) is 21.8. The van der Waals surface area contributed by atoms with Gasteiger partial charge in [-0.1, -0.05) is 12.1 Å². The molecule has 2 aromatic heterocycles. The number of nitrogens with zero attached hydrogens (tertiary/aromatic N) is 4. The van der Waals surface area contributed by atoms with Crippen molar-refractivity contribution < 1.29 is 19.7 Å². The lowest BCUT2D eigenvalue weighted by Gasteiger charge is -2.47. The SMILES string of the molecule is Nc1ncnc2c1c(-c1cccc(OCC34CCC(CC3)O4)c1)cn2C1CC(O)(CN2CCC[C@@H]2CO)C1.